The number of aromatic nitrogens is 3. The molecule has 0 unspecified atom stereocenters. The maximum absolute atomic E-state index is 10.9. The van der Waals surface area contributed by atoms with Crippen molar-refractivity contribution in [1.29, 1.82) is 0 Å². The van der Waals surface area contributed by atoms with Crippen LogP contribution in [-0.2, 0) is 9.47 Å². The lowest BCUT2D eigenvalue weighted by molar-refractivity contribution is -0.159. The molecule has 11 heteroatoms. The number of carbonyl (C=O) groups is 1. The molecule has 0 aromatic carbocycles. The minimum atomic E-state index is -1.06. The summed E-state index contributed by atoms with van der Waals surface area (Å²) in [5.74, 6) is -0.767. The number of rotatable bonds is 3. The molecular weight excluding hydrogens is 510 g/mol. The third-order valence-electron chi connectivity index (χ3n) is 4.98. The van der Waals surface area contributed by atoms with Gasteiger partial charge in [0.15, 0.2) is 5.79 Å². The van der Waals surface area contributed by atoms with Crippen molar-refractivity contribution in [3.8, 4) is 0 Å². The van der Waals surface area contributed by atoms with Crippen LogP contribution in [0.4, 0.5) is 4.79 Å². The maximum Gasteiger partial charge on any atom is 0.404 e. The number of amides is 1. The van der Waals surface area contributed by atoms with E-state index in [0.29, 0.717) is 23.8 Å². The van der Waals surface area contributed by atoms with E-state index in [1.165, 1.54) is 0 Å². The standard InChI is InChI=1S/C16H17Cl2IN4O4/c1-16(2)26-10-6(4-20-15(24)25)3-8(11(10)27-16)23-5-7(19)9-12(17)21-14(18)22-13(9)23/h5-6,8,10-11,20H,3-4H2,1-2H3,(H,24,25)/t6-,8-,10-,11+/m1/s1. The van der Waals surface area contributed by atoms with Crippen molar-refractivity contribution in [3.63, 3.8) is 0 Å². The lowest BCUT2D eigenvalue weighted by Gasteiger charge is -2.24. The molecule has 1 amide bonds. The molecule has 3 heterocycles. The second-order valence-electron chi connectivity index (χ2n) is 7.18. The van der Waals surface area contributed by atoms with E-state index in [4.69, 9.17) is 37.8 Å². The van der Waals surface area contributed by atoms with Gasteiger partial charge in [-0.05, 0) is 54.5 Å². The van der Waals surface area contributed by atoms with Gasteiger partial charge in [-0.3, -0.25) is 0 Å². The van der Waals surface area contributed by atoms with E-state index in [1.807, 2.05) is 24.6 Å². The fourth-order valence-corrected chi connectivity index (χ4v) is 5.47. The normalized spacial score (nSPS) is 29.2. The zero-order valence-corrected chi connectivity index (χ0v) is 18.1. The molecule has 1 saturated carbocycles. The van der Waals surface area contributed by atoms with Gasteiger partial charge in [0.25, 0.3) is 0 Å². The van der Waals surface area contributed by atoms with Crippen LogP contribution >= 0.6 is 45.8 Å². The lowest BCUT2D eigenvalue weighted by Crippen LogP contribution is -2.34. The second kappa shape index (κ2) is 6.87. The van der Waals surface area contributed by atoms with Crippen LogP contribution in [0.3, 0.4) is 0 Å². The Morgan fingerprint density at radius 1 is 1.41 bits per heavy atom. The molecular formula is C16H17Cl2IN4O4. The number of fused-ring (bicyclic) bond motifs is 2. The van der Waals surface area contributed by atoms with Gasteiger partial charge in [0.05, 0.1) is 17.5 Å². The van der Waals surface area contributed by atoms with Gasteiger partial charge >= 0.3 is 6.09 Å². The van der Waals surface area contributed by atoms with Crippen LogP contribution in [-0.4, -0.2) is 50.3 Å². The molecule has 0 spiro atoms. The Balaban J connectivity index is 1.75. The van der Waals surface area contributed by atoms with E-state index < -0.39 is 11.9 Å². The summed E-state index contributed by atoms with van der Waals surface area (Å²) in [6, 6.07) is -0.0922. The Labute approximate surface area is 178 Å². The van der Waals surface area contributed by atoms with Crippen LogP contribution in [0.1, 0.15) is 26.3 Å². The number of halogens is 3. The smallest absolute Gasteiger partial charge is 0.404 e. The molecule has 2 fully saturated rings. The fourth-order valence-electron chi connectivity index (χ4n) is 4.04. The molecule has 0 radical (unpaired) electrons. The molecule has 2 aromatic rings. The number of hydrogen-bond donors (Lipinski definition) is 2. The van der Waals surface area contributed by atoms with Gasteiger partial charge < -0.3 is 24.5 Å². The van der Waals surface area contributed by atoms with Gasteiger partial charge in [-0.15, -0.1) is 0 Å². The van der Waals surface area contributed by atoms with Gasteiger partial charge in [-0.2, -0.15) is 4.98 Å². The highest BCUT2D eigenvalue weighted by Crippen LogP contribution is 2.48. The SMILES string of the molecule is CC1(C)O[C@@H]2[C@@H](CNC(=O)O)C[C@@H](n3cc(I)c4c(Cl)nc(Cl)nc43)[C@@H]2O1. The topological polar surface area (TPSA) is 98.5 Å². The van der Waals surface area contributed by atoms with Gasteiger partial charge in [-0.25, -0.2) is 9.78 Å². The predicted molar refractivity (Wildman–Crippen MR) is 107 cm³/mol. The first kappa shape index (κ1) is 19.4. The van der Waals surface area contributed by atoms with Crippen molar-refractivity contribution in [2.75, 3.05) is 6.54 Å². The third kappa shape index (κ3) is 3.48. The first-order valence-corrected chi connectivity index (χ1v) is 10.2. The minimum absolute atomic E-state index is 0.0271. The summed E-state index contributed by atoms with van der Waals surface area (Å²) in [5, 5.41) is 12.5. The summed E-state index contributed by atoms with van der Waals surface area (Å²) < 4.78 is 15.2. The van der Waals surface area contributed by atoms with Crippen LogP contribution < -0.4 is 5.32 Å². The maximum atomic E-state index is 10.9. The number of nitrogens with one attached hydrogen (secondary N) is 1. The molecule has 8 nitrogen and oxygen atoms in total. The summed E-state index contributed by atoms with van der Waals surface area (Å²) in [6.07, 6.45) is 1.11. The summed E-state index contributed by atoms with van der Waals surface area (Å²) in [4.78, 5) is 19.3. The molecule has 0 bridgehead atoms. The van der Waals surface area contributed by atoms with E-state index >= 15 is 0 Å². The largest absolute Gasteiger partial charge is 0.465 e. The van der Waals surface area contributed by atoms with Crippen LogP contribution in [0.15, 0.2) is 6.20 Å². The Hall–Kier alpha value is -0.880. The molecule has 146 valence electrons. The monoisotopic (exact) mass is 526 g/mol. The summed E-state index contributed by atoms with van der Waals surface area (Å²) >= 11 is 14.5. The Morgan fingerprint density at radius 2 is 2.11 bits per heavy atom. The molecule has 4 atom stereocenters. The second-order valence-corrected chi connectivity index (χ2v) is 9.04. The number of ether oxygens (including phenoxy) is 2. The third-order valence-corrected chi connectivity index (χ3v) is 6.24. The van der Waals surface area contributed by atoms with Gasteiger partial charge in [0, 0.05) is 22.2 Å². The van der Waals surface area contributed by atoms with Gasteiger partial charge in [-0.1, -0.05) is 11.6 Å². The zero-order valence-electron chi connectivity index (χ0n) is 14.4. The van der Waals surface area contributed by atoms with E-state index in [2.05, 4.69) is 37.9 Å². The van der Waals surface area contributed by atoms with Crippen LogP contribution in [0, 0.1) is 9.49 Å². The average Bonchev–Trinajstić information content (AvgIpc) is 3.14. The van der Waals surface area contributed by atoms with E-state index in [1.54, 1.807) is 0 Å². The molecule has 2 aromatic heterocycles. The fraction of sp³-hybridized carbons (Fsp3) is 0.562. The summed E-state index contributed by atoms with van der Waals surface area (Å²) in [5.41, 5.74) is 0.633. The first-order valence-electron chi connectivity index (χ1n) is 8.38. The highest BCUT2D eigenvalue weighted by Gasteiger charge is 2.54. The highest BCUT2D eigenvalue weighted by atomic mass is 127. The Kier molecular flexibility index (Phi) is 4.95. The minimum Gasteiger partial charge on any atom is -0.465 e. The molecule has 27 heavy (non-hydrogen) atoms. The molecule has 1 aliphatic heterocycles. The van der Waals surface area contributed by atoms with E-state index in [-0.39, 0.29) is 29.5 Å². The molecule has 2 N–H and O–H groups in total. The van der Waals surface area contributed by atoms with Crippen molar-refractivity contribution < 1.29 is 19.4 Å². The van der Waals surface area contributed by atoms with Crippen molar-refractivity contribution in [2.24, 2.45) is 5.92 Å². The van der Waals surface area contributed by atoms with E-state index in [0.717, 1.165) is 8.96 Å². The molecule has 1 aliphatic carbocycles. The lowest BCUT2D eigenvalue weighted by atomic mass is 10.1. The summed E-state index contributed by atoms with van der Waals surface area (Å²) in [6.45, 7) is 4.01. The molecule has 2 aliphatic rings. The average molecular weight is 527 g/mol. The number of nitrogens with zero attached hydrogens (tertiary/aromatic N) is 3. The zero-order chi connectivity index (χ0) is 19.5. The summed E-state index contributed by atoms with van der Waals surface area (Å²) in [7, 11) is 0. The molecule has 4 rings (SSSR count). The van der Waals surface area contributed by atoms with E-state index in [9.17, 15) is 4.79 Å². The Bertz CT molecular complexity index is 921. The molecule has 1 saturated heterocycles. The van der Waals surface area contributed by atoms with Crippen molar-refractivity contribution >= 4 is 62.9 Å². The van der Waals surface area contributed by atoms with Crippen LogP contribution in [0.2, 0.25) is 10.4 Å². The number of hydrogen-bond acceptors (Lipinski definition) is 5. The van der Waals surface area contributed by atoms with Crippen molar-refractivity contribution in [2.45, 2.75) is 44.3 Å². The Morgan fingerprint density at radius 3 is 2.81 bits per heavy atom. The van der Waals surface area contributed by atoms with Gasteiger partial charge in [0.2, 0.25) is 5.28 Å². The van der Waals surface area contributed by atoms with Crippen LogP contribution in [0.5, 0.6) is 0 Å². The first-order chi connectivity index (χ1) is 12.7. The van der Waals surface area contributed by atoms with Gasteiger partial charge in [0.1, 0.15) is 16.9 Å². The highest BCUT2D eigenvalue weighted by molar-refractivity contribution is 14.1. The number of carboxylic acid groups (broad SMARTS) is 1. The quantitative estimate of drug-likeness (QED) is 0.359. The van der Waals surface area contributed by atoms with Crippen LogP contribution in [0.25, 0.3) is 11.0 Å². The van der Waals surface area contributed by atoms with Crippen molar-refractivity contribution in [3.05, 3.63) is 20.2 Å². The predicted octanol–water partition coefficient (Wildman–Crippen LogP) is 3.69. The van der Waals surface area contributed by atoms with Crippen molar-refractivity contribution in [1.82, 2.24) is 19.9 Å².